The summed E-state index contributed by atoms with van der Waals surface area (Å²) in [7, 11) is 0. The lowest BCUT2D eigenvalue weighted by atomic mass is 10.2. The van der Waals surface area contributed by atoms with Crippen molar-refractivity contribution < 1.29 is 0 Å². The molecule has 0 saturated heterocycles. The maximum atomic E-state index is 6.19. The Hall–Kier alpha value is -1.69. The molecular weight excluding hydrogens is 270 g/mol. The Balaban J connectivity index is 2.13. The van der Waals surface area contributed by atoms with Gasteiger partial charge in [-0.25, -0.2) is 9.97 Å². The maximum absolute atomic E-state index is 6.19. The average Bonchev–Trinajstić information content (AvgIpc) is 2.93. The van der Waals surface area contributed by atoms with Crippen molar-refractivity contribution in [3.8, 4) is 0 Å². The number of hydrogen-bond acceptors (Lipinski definition) is 6. The van der Waals surface area contributed by atoms with Crippen molar-refractivity contribution in [2.24, 2.45) is 11.7 Å². The Morgan fingerprint density at radius 3 is 2.95 bits per heavy atom. The van der Waals surface area contributed by atoms with Gasteiger partial charge < -0.3 is 16.4 Å². The Morgan fingerprint density at radius 2 is 2.30 bits per heavy atom. The lowest BCUT2D eigenvalue weighted by Crippen LogP contribution is -2.14. The van der Waals surface area contributed by atoms with E-state index in [0.29, 0.717) is 17.6 Å². The molecule has 20 heavy (non-hydrogen) atoms. The molecule has 0 fully saturated rings. The van der Waals surface area contributed by atoms with Crippen LogP contribution in [0.4, 0.5) is 5.95 Å². The highest BCUT2D eigenvalue weighted by molar-refractivity contribution is 8.06. The van der Waals surface area contributed by atoms with Crippen LogP contribution in [0.1, 0.15) is 32.9 Å². The van der Waals surface area contributed by atoms with E-state index in [9.17, 15) is 0 Å². The second-order valence-corrected chi connectivity index (χ2v) is 5.90. The van der Waals surface area contributed by atoms with Gasteiger partial charge in [0.05, 0.1) is 11.4 Å². The summed E-state index contributed by atoms with van der Waals surface area (Å²) in [6.07, 6.45) is 2.70. The third kappa shape index (κ3) is 3.66. The fraction of sp³-hybridized carbons (Fsp3) is 0.429. The molecule has 2 rings (SSSR count). The van der Waals surface area contributed by atoms with Crippen LogP contribution in [-0.2, 0) is 0 Å². The summed E-state index contributed by atoms with van der Waals surface area (Å²) < 4.78 is 0. The number of anilines is 1. The van der Waals surface area contributed by atoms with Gasteiger partial charge in [0.25, 0.3) is 0 Å². The van der Waals surface area contributed by atoms with Crippen molar-refractivity contribution in [3.05, 3.63) is 34.1 Å². The largest absolute Gasteiger partial charge is 0.395 e. The minimum absolute atomic E-state index is 0.543. The normalized spacial score (nSPS) is 16.9. The summed E-state index contributed by atoms with van der Waals surface area (Å²) in [6.45, 7) is 7.24. The summed E-state index contributed by atoms with van der Waals surface area (Å²) in [4.78, 5) is 8.67. The van der Waals surface area contributed by atoms with Crippen LogP contribution >= 0.6 is 11.8 Å². The number of allylic oxidation sites excluding steroid dienone is 1. The van der Waals surface area contributed by atoms with E-state index >= 15 is 0 Å². The number of hydrogen-bond donors (Lipinski definition) is 3. The van der Waals surface area contributed by atoms with E-state index in [4.69, 9.17) is 5.73 Å². The van der Waals surface area contributed by atoms with Crippen molar-refractivity contribution in [2.45, 2.75) is 27.2 Å². The molecule has 0 unspecified atom stereocenters. The van der Waals surface area contributed by atoms with Crippen molar-refractivity contribution in [3.63, 3.8) is 0 Å². The van der Waals surface area contributed by atoms with E-state index in [-0.39, 0.29) is 0 Å². The first kappa shape index (κ1) is 14.7. The summed E-state index contributed by atoms with van der Waals surface area (Å²) in [5.74, 6) is 1.16. The highest BCUT2D eigenvalue weighted by Gasteiger charge is 2.14. The topological polar surface area (TPSA) is 75.9 Å². The van der Waals surface area contributed by atoms with Crippen molar-refractivity contribution in [2.75, 3.05) is 11.9 Å². The van der Waals surface area contributed by atoms with E-state index in [2.05, 4.69) is 46.8 Å². The third-order valence-corrected chi connectivity index (χ3v) is 3.78. The highest BCUT2D eigenvalue weighted by atomic mass is 32.2. The SMILES string of the molecule is CCC1=CS/C(=C(/N)c2ccnc(NCC(C)C)n2)N1. The maximum Gasteiger partial charge on any atom is 0.223 e. The Bertz CT molecular complexity index is 536. The molecule has 2 heterocycles. The van der Waals surface area contributed by atoms with Crippen molar-refractivity contribution in [1.29, 1.82) is 0 Å². The van der Waals surface area contributed by atoms with Gasteiger partial charge in [-0.1, -0.05) is 32.5 Å². The number of aromatic nitrogens is 2. The fourth-order valence-electron chi connectivity index (χ4n) is 1.64. The number of nitrogens with two attached hydrogens (primary N) is 1. The molecular formula is C14H21N5S. The zero-order valence-corrected chi connectivity index (χ0v) is 12.9. The second kappa shape index (κ2) is 6.65. The quantitative estimate of drug-likeness (QED) is 0.774. The summed E-state index contributed by atoms with van der Waals surface area (Å²) in [6, 6.07) is 1.83. The molecule has 0 saturated carbocycles. The van der Waals surface area contributed by atoms with E-state index in [0.717, 1.165) is 23.7 Å². The number of thioether (sulfide) groups is 1. The summed E-state index contributed by atoms with van der Waals surface area (Å²) in [5, 5.41) is 9.54. The Labute approximate surface area is 124 Å². The van der Waals surface area contributed by atoms with Crippen LogP contribution in [0.5, 0.6) is 0 Å². The second-order valence-electron chi connectivity index (χ2n) is 5.02. The van der Waals surface area contributed by atoms with Gasteiger partial charge in [-0.3, -0.25) is 0 Å². The first-order valence-corrected chi connectivity index (χ1v) is 7.68. The molecule has 1 aliphatic heterocycles. The van der Waals surface area contributed by atoms with Crippen LogP contribution in [0.15, 0.2) is 28.4 Å². The molecule has 0 aliphatic carbocycles. The molecule has 5 nitrogen and oxygen atoms in total. The molecule has 1 aromatic heterocycles. The van der Waals surface area contributed by atoms with Gasteiger partial charge in [0.1, 0.15) is 5.03 Å². The average molecular weight is 291 g/mol. The standard InChI is InChI=1S/C14H21N5S/c1-4-10-8-20-13(18-10)12(15)11-5-6-16-14(19-11)17-7-9(2)3/h5-6,8-9,18H,4,7,15H2,1-3H3,(H,16,17,19)/b13-12+. The number of rotatable bonds is 5. The minimum Gasteiger partial charge on any atom is -0.395 e. The van der Waals surface area contributed by atoms with E-state index in [1.165, 1.54) is 5.70 Å². The summed E-state index contributed by atoms with van der Waals surface area (Å²) in [5.41, 5.74) is 8.77. The molecule has 108 valence electrons. The van der Waals surface area contributed by atoms with Crippen LogP contribution in [0, 0.1) is 5.92 Å². The molecule has 0 bridgehead atoms. The van der Waals surface area contributed by atoms with Crippen LogP contribution in [0.25, 0.3) is 5.70 Å². The van der Waals surface area contributed by atoms with Gasteiger partial charge in [0.15, 0.2) is 0 Å². The molecule has 1 aromatic rings. The monoisotopic (exact) mass is 291 g/mol. The van der Waals surface area contributed by atoms with Gasteiger partial charge in [0.2, 0.25) is 5.95 Å². The molecule has 6 heteroatoms. The molecule has 4 N–H and O–H groups in total. The molecule has 1 aliphatic rings. The molecule has 0 spiro atoms. The van der Waals surface area contributed by atoms with Gasteiger partial charge in [-0.2, -0.15) is 0 Å². The Kier molecular flexibility index (Phi) is 4.89. The lowest BCUT2D eigenvalue weighted by molar-refractivity contribution is 0.684. The van der Waals surface area contributed by atoms with Crippen molar-refractivity contribution in [1.82, 2.24) is 15.3 Å². The predicted molar refractivity (Wildman–Crippen MR) is 85.6 cm³/mol. The van der Waals surface area contributed by atoms with Gasteiger partial charge in [-0.15, -0.1) is 0 Å². The van der Waals surface area contributed by atoms with Crippen LogP contribution in [0.3, 0.4) is 0 Å². The fourth-order valence-corrected chi connectivity index (χ4v) is 2.55. The third-order valence-electron chi connectivity index (χ3n) is 2.82. The highest BCUT2D eigenvalue weighted by Crippen LogP contribution is 2.29. The van der Waals surface area contributed by atoms with Crippen molar-refractivity contribution >= 4 is 23.4 Å². The zero-order valence-electron chi connectivity index (χ0n) is 12.1. The van der Waals surface area contributed by atoms with Crippen LogP contribution < -0.4 is 16.4 Å². The number of nitrogens with one attached hydrogen (secondary N) is 2. The van der Waals surface area contributed by atoms with Gasteiger partial charge in [0, 0.05) is 18.4 Å². The van der Waals surface area contributed by atoms with E-state index in [1.807, 2.05) is 6.07 Å². The molecule has 0 amide bonds. The van der Waals surface area contributed by atoms with E-state index in [1.54, 1.807) is 18.0 Å². The molecule has 0 aromatic carbocycles. The lowest BCUT2D eigenvalue weighted by Gasteiger charge is -2.10. The molecule has 0 atom stereocenters. The first-order valence-electron chi connectivity index (χ1n) is 6.80. The van der Waals surface area contributed by atoms with Gasteiger partial charge in [-0.05, 0) is 23.8 Å². The zero-order chi connectivity index (χ0) is 14.5. The van der Waals surface area contributed by atoms with Crippen LogP contribution in [0.2, 0.25) is 0 Å². The number of nitrogens with zero attached hydrogens (tertiary/aromatic N) is 2. The van der Waals surface area contributed by atoms with E-state index < -0.39 is 0 Å². The van der Waals surface area contributed by atoms with Gasteiger partial charge >= 0.3 is 0 Å². The summed E-state index contributed by atoms with van der Waals surface area (Å²) >= 11 is 1.60. The first-order chi connectivity index (χ1) is 9.60. The minimum atomic E-state index is 0.543. The smallest absolute Gasteiger partial charge is 0.223 e. The van der Waals surface area contributed by atoms with Crippen LogP contribution in [-0.4, -0.2) is 16.5 Å². The predicted octanol–water partition coefficient (Wildman–Crippen LogP) is 2.72. The molecule has 0 radical (unpaired) electrons. The Morgan fingerprint density at radius 1 is 1.50 bits per heavy atom.